The highest BCUT2D eigenvalue weighted by atomic mass is 79.9. The van der Waals surface area contributed by atoms with Crippen LogP contribution in [-0.2, 0) is 17.9 Å². The van der Waals surface area contributed by atoms with Crippen molar-refractivity contribution in [2.75, 3.05) is 57.9 Å². The number of benzene rings is 2. The van der Waals surface area contributed by atoms with Gasteiger partial charge in [0.05, 0.1) is 30.3 Å². The van der Waals surface area contributed by atoms with Crippen molar-refractivity contribution >= 4 is 85.7 Å². The molecule has 3 heterocycles. The first-order valence-electron chi connectivity index (χ1n) is 15.4. The molecule has 2 aromatic carbocycles. The van der Waals surface area contributed by atoms with Gasteiger partial charge in [-0.3, -0.25) is 14.5 Å². The molecule has 0 spiro atoms. The molecule has 2 amide bonds. The molecule has 17 heteroatoms. The number of primary amides is 1. The summed E-state index contributed by atoms with van der Waals surface area (Å²) in [5.74, 6) is 5.68. The van der Waals surface area contributed by atoms with Gasteiger partial charge in [-0.05, 0) is 24.3 Å². The number of imidazole rings is 2. The van der Waals surface area contributed by atoms with Gasteiger partial charge in [0.15, 0.2) is 0 Å². The lowest BCUT2D eigenvalue weighted by Gasteiger charge is -2.34. The van der Waals surface area contributed by atoms with E-state index in [1.54, 1.807) is 21.3 Å². The highest BCUT2D eigenvalue weighted by Crippen LogP contribution is 2.31. The summed E-state index contributed by atoms with van der Waals surface area (Å²) in [5.41, 5.74) is 20.3. The van der Waals surface area contributed by atoms with Gasteiger partial charge in [-0.1, -0.05) is 37.8 Å². The van der Waals surface area contributed by atoms with E-state index in [4.69, 9.17) is 26.7 Å². The second kappa shape index (κ2) is 17.2. The Morgan fingerprint density at radius 3 is 1.94 bits per heavy atom. The molecule has 0 aliphatic carbocycles. The van der Waals surface area contributed by atoms with Crippen LogP contribution in [0.4, 0.5) is 11.9 Å². The maximum Gasteiger partial charge on any atom is 0.335 e. The van der Waals surface area contributed by atoms with Crippen molar-refractivity contribution < 1.29 is 29.0 Å². The van der Waals surface area contributed by atoms with Gasteiger partial charge in [-0.25, -0.2) is 14.8 Å². The van der Waals surface area contributed by atoms with Crippen LogP contribution in [0.3, 0.4) is 0 Å². The second-order valence-electron chi connectivity index (χ2n) is 11.6. The Hall–Kier alpha value is -4.79. The minimum absolute atomic E-state index is 0. The van der Waals surface area contributed by atoms with E-state index in [0.717, 1.165) is 13.1 Å². The van der Waals surface area contributed by atoms with E-state index < -0.39 is 11.9 Å². The fourth-order valence-corrected chi connectivity index (χ4v) is 5.58. The van der Waals surface area contributed by atoms with Crippen LogP contribution in [-0.4, -0.2) is 98.2 Å². The number of rotatable bonds is 11. The highest BCUT2D eigenvalue weighted by Gasteiger charge is 2.22. The van der Waals surface area contributed by atoms with Crippen LogP contribution in [0, 0.1) is 17.8 Å². The van der Waals surface area contributed by atoms with Crippen LogP contribution in [0.5, 0.6) is 11.5 Å². The number of nitrogen functional groups attached to an aromatic ring is 2. The van der Waals surface area contributed by atoms with Crippen molar-refractivity contribution in [1.82, 2.24) is 28.9 Å². The highest BCUT2D eigenvalue weighted by molar-refractivity contribution is 8.93. The van der Waals surface area contributed by atoms with E-state index >= 15 is 0 Å². The number of hydrogen-bond acceptors (Lipinski definition) is 10. The van der Waals surface area contributed by atoms with Crippen LogP contribution < -0.4 is 26.7 Å². The maximum atomic E-state index is 12.2. The average Bonchev–Trinajstić information content (AvgIpc) is 3.56. The molecule has 0 saturated carbocycles. The molecule has 2 aromatic heterocycles. The van der Waals surface area contributed by atoms with Crippen LogP contribution >= 0.6 is 34.0 Å². The number of methoxy groups -OCH3 is 1. The third-order valence-electron chi connectivity index (χ3n) is 8.07. The van der Waals surface area contributed by atoms with Gasteiger partial charge in [0.1, 0.15) is 29.1 Å². The summed E-state index contributed by atoms with van der Waals surface area (Å²) >= 11 is 0. The number of carboxylic acids is 1. The van der Waals surface area contributed by atoms with Crippen LogP contribution in [0.15, 0.2) is 36.4 Å². The number of nitrogens with two attached hydrogens (primary N) is 3. The van der Waals surface area contributed by atoms with E-state index in [1.807, 2.05) is 30.9 Å². The Kier molecular flexibility index (Phi) is 13.7. The largest absolute Gasteiger partial charge is 0.494 e. The number of carbonyl (C=O) groups excluding carboxylic acids is 2. The number of halogens is 2. The number of allylic oxidation sites excluding steroid dienone is 2. The van der Waals surface area contributed by atoms with Gasteiger partial charge in [0.25, 0.3) is 0 Å². The SMILES string of the molecule is Br.Br.COc1cc(C(=O)O)cc2nc(N)n(CC=CCn3c(N)nc4cc(C(N)=O)cc(OCC#CCN5CCN(C(=O)C(C)C)CC5)c43)c12. The molecule has 0 unspecified atom stereocenters. The average molecular weight is 820 g/mol. The minimum atomic E-state index is -1.10. The van der Waals surface area contributed by atoms with Gasteiger partial charge in [-0.2, -0.15) is 0 Å². The summed E-state index contributed by atoms with van der Waals surface area (Å²) in [6.45, 7) is 7.91. The topological polar surface area (TPSA) is 210 Å². The molecule has 1 aliphatic rings. The van der Waals surface area contributed by atoms with Crippen LogP contribution in [0.25, 0.3) is 22.1 Å². The van der Waals surface area contributed by atoms with E-state index in [0.29, 0.717) is 66.3 Å². The fourth-order valence-electron chi connectivity index (χ4n) is 5.58. The van der Waals surface area contributed by atoms with Crippen molar-refractivity contribution in [1.29, 1.82) is 0 Å². The number of hydrogen-bond donors (Lipinski definition) is 4. The van der Waals surface area contributed by atoms with Gasteiger partial charge in [0.2, 0.25) is 23.7 Å². The van der Waals surface area contributed by atoms with E-state index in [9.17, 15) is 19.5 Å². The Labute approximate surface area is 309 Å². The number of ether oxygens (including phenoxy) is 2. The molecular weight excluding hydrogens is 778 g/mol. The smallest absolute Gasteiger partial charge is 0.335 e. The number of anilines is 2. The van der Waals surface area contributed by atoms with Gasteiger partial charge < -0.3 is 45.8 Å². The first-order chi connectivity index (χ1) is 23.0. The molecule has 1 saturated heterocycles. The molecule has 1 aliphatic heterocycles. The number of fused-ring (bicyclic) bond motifs is 2. The number of carboxylic acid groups (broad SMARTS) is 1. The summed E-state index contributed by atoms with van der Waals surface area (Å²) in [4.78, 5) is 48.6. The number of amides is 2. The van der Waals surface area contributed by atoms with Crippen LogP contribution in [0.1, 0.15) is 34.6 Å². The first kappa shape index (κ1) is 39.6. The monoisotopic (exact) mass is 817 g/mol. The number of nitrogens with zero attached hydrogens (tertiary/aromatic N) is 6. The number of carbonyl (C=O) groups is 3. The Morgan fingerprint density at radius 2 is 1.42 bits per heavy atom. The predicted molar refractivity (Wildman–Crippen MR) is 201 cm³/mol. The minimum Gasteiger partial charge on any atom is -0.494 e. The Balaban J connectivity index is 0.00000338. The Bertz CT molecular complexity index is 1970. The molecule has 7 N–H and O–H groups in total. The number of aromatic carboxylic acids is 1. The molecule has 15 nitrogen and oxygen atoms in total. The summed E-state index contributed by atoms with van der Waals surface area (Å²) in [6, 6.07) is 5.98. The van der Waals surface area contributed by atoms with Crippen molar-refractivity contribution in [3.8, 4) is 23.3 Å². The lowest BCUT2D eigenvalue weighted by atomic mass is 10.1. The molecule has 50 heavy (non-hydrogen) atoms. The molecule has 0 atom stereocenters. The van der Waals surface area contributed by atoms with Crippen molar-refractivity contribution in [3.63, 3.8) is 0 Å². The zero-order chi connectivity index (χ0) is 34.5. The summed E-state index contributed by atoms with van der Waals surface area (Å²) in [7, 11) is 1.45. The lowest BCUT2D eigenvalue weighted by Crippen LogP contribution is -2.49. The van der Waals surface area contributed by atoms with Gasteiger partial charge in [0, 0.05) is 50.7 Å². The Morgan fingerprint density at radius 1 is 0.880 bits per heavy atom. The molecule has 0 bridgehead atoms. The normalized spacial score (nSPS) is 13.2. The molecule has 0 radical (unpaired) electrons. The second-order valence-corrected chi connectivity index (χ2v) is 11.6. The van der Waals surface area contributed by atoms with E-state index in [2.05, 4.69) is 26.7 Å². The first-order valence-corrected chi connectivity index (χ1v) is 15.4. The van der Waals surface area contributed by atoms with Gasteiger partial charge in [-0.15, -0.1) is 34.0 Å². The standard InChI is InChI=1S/C33H39N9O6.2BrH/c1-20(2)30(44)40-13-11-39(12-14-40)8-6-7-15-48-26-18-21(29(34)43)16-23-28(26)42(33(36)37-23)10-5-4-9-41-27-24(38-32(41)35)17-22(31(45)46)19-25(27)47-3;;/h4-5,16-20H,8-15H2,1-3H3,(H2,34,43)(H2,35,38)(H2,36,37)(H,45,46);2*1H. The molecule has 5 rings (SSSR count). The maximum absolute atomic E-state index is 12.2. The van der Waals surface area contributed by atoms with Crippen LogP contribution in [0.2, 0.25) is 0 Å². The quantitative estimate of drug-likeness (QED) is 0.128. The summed E-state index contributed by atoms with van der Waals surface area (Å²) in [5, 5.41) is 9.42. The number of piperazine rings is 1. The molecule has 1 fully saturated rings. The predicted octanol–water partition coefficient (Wildman–Crippen LogP) is 2.95. The summed E-state index contributed by atoms with van der Waals surface area (Å²) in [6.07, 6.45) is 3.72. The van der Waals surface area contributed by atoms with Gasteiger partial charge >= 0.3 is 5.97 Å². The molecule has 4 aromatic rings. The van der Waals surface area contributed by atoms with Crippen molar-refractivity contribution in [2.45, 2.75) is 26.9 Å². The molecular formula is C33H41Br2N9O6. The van der Waals surface area contributed by atoms with E-state index in [1.165, 1.54) is 19.2 Å². The summed E-state index contributed by atoms with van der Waals surface area (Å²) < 4.78 is 14.9. The fraction of sp³-hybridized carbons (Fsp3) is 0.364. The lowest BCUT2D eigenvalue weighted by molar-refractivity contribution is -0.136. The third-order valence-corrected chi connectivity index (χ3v) is 8.07. The van der Waals surface area contributed by atoms with E-state index in [-0.39, 0.29) is 75.4 Å². The van der Waals surface area contributed by atoms with Crippen molar-refractivity contribution in [2.24, 2.45) is 11.7 Å². The molecule has 268 valence electrons. The third kappa shape index (κ3) is 8.67. The zero-order valence-corrected chi connectivity index (χ0v) is 31.3. The number of aromatic nitrogens is 4. The zero-order valence-electron chi connectivity index (χ0n) is 27.9. The van der Waals surface area contributed by atoms with Crippen molar-refractivity contribution in [3.05, 3.63) is 47.5 Å².